The minimum absolute atomic E-state index is 0.0334. The third-order valence-electron chi connectivity index (χ3n) is 4.42. The van der Waals surface area contributed by atoms with E-state index in [4.69, 9.17) is 16.3 Å². The molecule has 3 atom stereocenters. The first-order chi connectivity index (χ1) is 10.1. The minimum Gasteiger partial charge on any atom is -0.370 e. The molecule has 2 fully saturated rings. The van der Waals surface area contributed by atoms with Gasteiger partial charge in [-0.3, -0.25) is 4.79 Å². The maximum atomic E-state index is 12.6. The predicted molar refractivity (Wildman–Crippen MR) is 82.3 cm³/mol. The van der Waals surface area contributed by atoms with E-state index in [0.29, 0.717) is 30.6 Å². The number of hydrogen-bond donors (Lipinski definition) is 1. The molecule has 5 heteroatoms. The Morgan fingerprint density at radius 3 is 2.81 bits per heavy atom. The van der Waals surface area contributed by atoms with Crippen molar-refractivity contribution in [3.8, 4) is 0 Å². The topological polar surface area (TPSA) is 41.6 Å². The van der Waals surface area contributed by atoms with Crippen LogP contribution < -0.4 is 5.32 Å². The highest BCUT2D eigenvalue weighted by molar-refractivity contribution is 6.30. The van der Waals surface area contributed by atoms with Crippen LogP contribution in [0.2, 0.25) is 5.02 Å². The summed E-state index contributed by atoms with van der Waals surface area (Å²) >= 11 is 5.92. The molecule has 2 heterocycles. The Morgan fingerprint density at radius 2 is 2.14 bits per heavy atom. The summed E-state index contributed by atoms with van der Waals surface area (Å²) < 4.78 is 5.82. The van der Waals surface area contributed by atoms with Crippen LogP contribution in [0.4, 0.5) is 0 Å². The molecule has 0 bridgehead atoms. The normalized spacial score (nSPS) is 29.6. The van der Waals surface area contributed by atoms with Gasteiger partial charge in [0.25, 0.3) is 0 Å². The van der Waals surface area contributed by atoms with Crippen molar-refractivity contribution in [1.82, 2.24) is 10.2 Å². The summed E-state index contributed by atoms with van der Waals surface area (Å²) in [5, 5.41) is 4.03. The van der Waals surface area contributed by atoms with Gasteiger partial charge < -0.3 is 15.0 Å². The van der Waals surface area contributed by atoms with Crippen LogP contribution in [0.15, 0.2) is 24.3 Å². The molecule has 0 aliphatic carbocycles. The molecule has 3 unspecified atom stereocenters. The van der Waals surface area contributed by atoms with E-state index in [0.717, 1.165) is 18.5 Å². The van der Waals surface area contributed by atoms with Crippen LogP contribution in [-0.2, 0) is 9.53 Å². The lowest BCUT2D eigenvalue weighted by atomic mass is 10.0. The summed E-state index contributed by atoms with van der Waals surface area (Å²) in [7, 11) is 0. The second-order valence-electron chi connectivity index (χ2n) is 5.89. The van der Waals surface area contributed by atoms with Crippen molar-refractivity contribution in [2.45, 2.75) is 25.5 Å². The van der Waals surface area contributed by atoms with Gasteiger partial charge in [-0.2, -0.15) is 0 Å². The van der Waals surface area contributed by atoms with Crippen molar-refractivity contribution in [3.63, 3.8) is 0 Å². The fraction of sp³-hybridized carbons (Fsp3) is 0.562. The van der Waals surface area contributed by atoms with Gasteiger partial charge in [0.2, 0.25) is 5.91 Å². The Morgan fingerprint density at radius 1 is 1.38 bits per heavy atom. The van der Waals surface area contributed by atoms with Crippen molar-refractivity contribution < 1.29 is 9.53 Å². The van der Waals surface area contributed by atoms with E-state index < -0.39 is 0 Å². The van der Waals surface area contributed by atoms with E-state index >= 15 is 0 Å². The summed E-state index contributed by atoms with van der Waals surface area (Å²) in [5.74, 6) is 0.622. The van der Waals surface area contributed by atoms with Gasteiger partial charge >= 0.3 is 0 Å². The average molecular weight is 309 g/mol. The number of halogens is 1. The molecule has 1 aromatic rings. The molecule has 0 spiro atoms. The highest BCUT2D eigenvalue weighted by Crippen LogP contribution is 2.25. The van der Waals surface area contributed by atoms with E-state index in [9.17, 15) is 4.79 Å². The quantitative estimate of drug-likeness (QED) is 0.911. The molecule has 3 rings (SSSR count). The molecule has 0 radical (unpaired) electrons. The molecule has 2 aliphatic rings. The van der Waals surface area contributed by atoms with E-state index in [1.54, 1.807) is 0 Å². The molecular formula is C16H21ClN2O2. The first kappa shape index (κ1) is 14.8. The molecule has 1 aromatic carbocycles. The molecule has 0 aromatic heterocycles. The molecule has 4 nitrogen and oxygen atoms in total. The number of hydrogen-bond acceptors (Lipinski definition) is 3. The zero-order chi connectivity index (χ0) is 14.8. The Bertz CT molecular complexity index is 506. The van der Waals surface area contributed by atoms with E-state index in [1.807, 2.05) is 29.2 Å². The van der Waals surface area contributed by atoms with Gasteiger partial charge in [0.15, 0.2) is 0 Å². The van der Waals surface area contributed by atoms with E-state index in [1.165, 1.54) is 0 Å². The van der Waals surface area contributed by atoms with Crippen molar-refractivity contribution in [1.29, 1.82) is 0 Å². The number of benzene rings is 1. The van der Waals surface area contributed by atoms with E-state index in [2.05, 4.69) is 12.2 Å². The fourth-order valence-electron chi connectivity index (χ4n) is 3.09. The zero-order valence-corrected chi connectivity index (χ0v) is 13.0. The molecule has 0 saturated carbocycles. The molecule has 21 heavy (non-hydrogen) atoms. The molecule has 2 aliphatic heterocycles. The largest absolute Gasteiger partial charge is 0.370 e. The number of nitrogens with zero attached hydrogens (tertiary/aromatic N) is 1. The number of amides is 1. The van der Waals surface area contributed by atoms with Crippen molar-refractivity contribution in [2.75, 3.05) is 26.2 Å². The molecule has 1 N–H and O–H groups in total. The second kappa shape index (κ2) is 6.34. The first-order valence-electron chi connectivity index (χ1n) is 7.54. The summed E-state index contributed by atoms with van der Waals surface area (Å²) in [6, 6.07) is 7.63. The number of carbonyl (C=O) groups is 1. The molecule has 1 amide bonds. The highest BCUT2D eigenvalue weighted by Gasteiger charge is 2.35. The Balaban J connectivity index is 1.68. The van der Waals surface area contributed by atoms with Gasteiger partial charge in [0.05, 0.1) is 19.2 Å². The third kappa shape index (κ3) is 3.23. The van der Waals surface area contributed by atoms with Crippen LogP contribution >= 0.6 is 11.6 Å². The monoisotopic (exact) mass is 308 g/mol. The third-order valence-corrected chi connectivity index (χ3v) is 4.67. The van der Waals surface area contributed by atoms with Gasteiger partial charge in [-0.05, 0) is 36.6 Å². The summed E-state index contributed by atoms with van der Waals surface area (Å²) in [6.07, 6.45) is 1.01. The SMILES string of the molecule is CC1CCNC1C(=O)N1CCOC(c2ccc(Cl)cc2)C1. The van der Waals surface area contributed by atoms with Crippen LogP contribution in [0.5, 0.6) is 0 Å². The molecular weight excluding hydrogens is 288 g/mol. The molecule has 114 valence electrons. The van der Waals surface area contributed by atoms with Gasteiger partial charge in [0, 0.05) is 11.6 Å². The van der Waals surface area contributed by atoms with Crippen molar-refractivity contribution in [3.05, 3.63) is 34.9 Å². The Labute approximate surface area is 130 Å². The smallest absolute Gasteiger partial charge is 0.240 e. The van der Waals surface area contributed by atoms with Crippen LogP contribution in [0.1, 0.15) is 25.0 Å². The number of carbonyl (C=O) groups excluding carboxylic acids is 1. The zero-order valence-electron chi connectivity index (χ0n) is 12.2. The minimum atomic E-state index is -0.0586. The predicted octanol–water partition coefficient (Wildman–Crippen LogP) is 2.24. The lowest BCUT2D eigenvalue weighted by Gasteiger charge is -2.35. The highest BCUT2D eigenvalue weighted by atomic mass is 35.5. The lowest BCUT2D eigenvalue weighted by molar-refractivity contribution is -0.141. The number of ether oxygens (including phenoxy) is 1. The van der Waals surface area contributed by atoms with Crippen LogP contribution in [-0.4, -0.2) is 43.1 Å². The van der Waals surface area contributed by atoms with Crippen LogP contribution in [0.3, 0.4) is 0 Å². The Kier molecular flexibility index (Phi) is 4.48. The van der Waals surface area contributed by atoms with Crippen molar-refractivity contribution in [2.24, 2.45) is 5.92 Å². The number of nitrogens with one attached hydrogen (secondary N) is 1. The second-order valence-corrected chi connectivity index (χ2v) is 6.33. The van der Waals surface area contributed by atoms with E-state index in [-0.39, 0.29) is 18.1 Å². The van der Waals surface area contributed by atoms with Gasteiger partial charge in [-0.15, -0.1) is 0 Å². The summed E-state index contributed by atoms with van der Waals surface area (Å²) in [4.78, 5) is 14.6. The summed E-state index contributed by atoms with van der Waals surface area (Å²) in [6.45, 7) is 4.95. The average Bonchev–Trinajstić information content (AvgIpc) is 2.93. The number of rotatable bonds is 2. The van der Waals surface area contributed by atoms with Crippen molar-refractivity contribution >= 4 is 17.5 Å². The van der Waals surface area contributed by atoms with Crippen LogP contribution in [0, 0.1) is 5.92 Å². The van der Waals surface area contributed by atoms with Gasteiger partial charge in [0.1, 0.15) is 6.10 Å². The maximum absolute atomic E-state index is 12.6. The van der Waals surface area contributed by atoms with Gasteiger partial charge in [-0.25, -0.2) is 0 Å². The molecule has 2 saturated heterocycles. The first-order valence-corrected chi connectivity index (χ1v) is 7.92. The lowest BCUT2D eigenvalue weighted by Crippen LogP contribution is -2.50. The Hall–Kier alpha value is -1.10. The standard InChI is InChI=1S/C16H21ClN2O2/c1-11-6-7-18-15(11)16(20)19-8-9-21-14(10-19)12-2-4-13(17)5-3-12/h2-5,11,14-15,18H,6-10H2,1H3. The van der Waals surface area contributed by atoms with Gasteiger partial charge in [-0.1, -0.05) is 30.7 Å². The maximum Gasteiger partial charge on any atom is 0.240 e. The summed E-state index contributed by atoms with van der Waals surface area (Å²) in [5.41, 5.74) is 1.07. The van der Waals surface area contributed by atoms with Crippen LogP contribution in [0.25, 0.3) is 0 Å². The number of morpholine rings is 1. The fourth-order valence-corrected chi connectivity index (χ4v) is 3.22.